The van der Waals surface area contributed by atoms with E-state index in [9.17, 15) is 5.11 Å². The lowest BCUT2D eigenvalue weighted by molar-refractivity contribution is 0.139. The molecule has 3 nitrogen and oxygen atoms in total. The van der Waals surface area contributed by atoms with Crippen LogP contribution in [0.5, 0.6) is 0 Å². The molecule has 3 rings (SSSR count). The Labute approximate surface area is 150 Å². The molecule has 0 bridgehead atoms. The smallest absolute Gasteiger partial charge is 0.0843 e. The van der Waals surface area contributed by atoms with E-state index < -0.39 is 6.10 Å². The molecule has 1 fully saturated rings. The predicted molar refractivity (Wildman–Crippen MR) is 102 cm³/mol. The van der Waals surface area contributed by atoms with Crippen LogP contribution in [0.3, 0.4) is 0 Å². The molecule has 1 aliphatic rings. The van der Waals surface area contributed by atoms with Crippen LogP contribution < -0.4 is 5.32 Å². The highest BCUT2D eigenvalue weighted by Gasteiger charge is 2.22. The molecule has 0 aliphatic heterocycles. The summed E-state index contributed by atoms with van der Waals surface area (Å²) in [5.74, 6) is 0.705. The molecule has 1 heterocycles. The largest absolute Gasteiger partial charge is 0.390 e. The van der Waals surface area contributed by atoms with Crippen molar-refractivity contribution < 1.29 is 5.11 Å². The summed E-state index contributed by atoms with van der Waals surface area (Å²) < 4.78 is 2.17. The van der Waals surface area contributed by atoms with Crippen LogP contribution in [0.1, 0.15) is 43.9 Å². The normalized spacial score (nSPS) is 22.9. The minimum absolute atomic E-state index is 0.413. The third-order valence-corrected chi connectivity index (χ3v) is 6.03. The molecular weight excluding hydrogens is 320 g/mol. The van der Waals surface area contributed by atoms with Crippen LogP contribution in [-0.2, 0) is 6.54 Å². The summed E-state index contributed by atoms with van der Waals surface area (Å²) in [4.78, 5) is 0. The summed E-state index contributed by atoms with van der Waals surface area (Å²) >= 11 is 6.43. The monoisotopic (exact) mass is 348 g/mol. The van der Waals surface area contributed by atoms with Gasteiger partial charge in [0.1, 0.15) is 0 Å². The lowest BCUT2D eigenvalue weighted by Gasteiger charge is -2.30. The van der Waals surface area contributed by atoms with E-state index >= 15 is 0 Å². The SMILES string of the molecule is Cc1c(C)n(C[C@H](O)CN[C@@H]2CCCC[C@@H]2C)c2c(Cl)cccc12. The number of fused-ring (bicyclic) bond motifs is 1. The Bertz CT molecular complexity index is 709. The second-order valence-electron chi connectivity index (χ2n) is 7.39. The summed E-state index contributed by atoms with van der Waals surface area (Å²) in [5.41, 5.74) is 3.47. The maximum atomic E-state index is 10.6. The average molecular weight is 349 g/mol. The number of aryl methyl sites for hydroxylation is 1. The van der Waals surface area contributed by atoms with Gasteiger partial charge in [0.2, 0.25) is 0 Å². The van der Waals surface area contributed by atoms with Gasteiger partial charge >= 0.3 is 0 Å². The summed E-state index contributed by atoms with van der Waals surface area (Å²) in [7, 11) is 0. The first-order valence-corrected chi connectivity index (χ1v) is 9.52. The van der Waals surface area contributed by atoms with Crippen molar-refractivity contribution in [1.29, 1.82) is 0 Å². The van der Waals surface area contributed by atoms with Crippen molar-refractivity contribution in [3.05, 3.63) is 34.5 Å². The van der Waals surface area contributed by atoms with E-state index in [1.807, 2.05) is 12.1 Å². The average Bonchev–Trinajstić information content (AvgIpc) is 2.80. The molecule has 3 atom stereocenters. The number of hydrogen-bond acceptors (Lipinski definition) is 2. The first kappa shape index (κ1) is 17.8. The van der Waals surface area contributed by atoms with Gasteiger partial charge in [0.25, 0.3) is 0 Å². The van der Waals surface area contributed by atoms with E-state index in [1.54, 1.807) is 0 Å². The highest BCUT2D eigenvalue weighted by molar-refractivity contribution is 6.35. The Kier molecular flexibility index (Phi) is 5.53. The minimum Gasteiger partial charge on any atom is -0.390 e. The molecule has 0 unspecified atom stereocenters. The van der Waals surface area contributed by atoms with Gasteiger partial charge in [-0.2, -0.15) is 0 Å². The summed E-state index contributed by atoms with van der Waals surface area (Å²) in [6.07, 6.45) is 4.75. The molecule has 1 aromatic carbocycles. The fourth-order valence-corrected chi connectivity index (χ4v) is 4.34. The zero-order valence-corrected chi connectivity index (χ0v) is 15.7. The summed E-state index contributed by atoms with van der Waals surface area (Å²) in [6, 6.07) is 6.56. The Balaban J connectivity index is 1.71. The summed E-state index contributed by atoms with van der Waals surface area (Å²) in [6.45, 7) is 7.76. The number of hydrogen-bond donors (Lipinski definition) is 2. The number of aromatic nitrogens is 1. The van der Waals surface area contributed by atoms with Crippen LogP contribution in [0.25, 0.3) is 10.9 Å². The molecular formula is C20H29ClN2O. The van der Waals surface area contributed by atoms with Gasteiger partial charge in [-0.15, -0.1) is 0 Å². The lowest BCUT2D eigenvalue weighted by Crippen LogP contribution is -2.42. The molecule has 24 heavy (non-hydrogen) atoms. The van der Waals surface area contributed by atoms with E-state index in [-0.39, 0.29) is 0 Å². The minimum atomic E-state index is -0.413. The van der Waals surface area contributed by atoms with E-state index in [1.165, 1.54) is 42.3 Å². The van der Waals surface area contributed by atoms with Crippen molar-refractivity contribution in [3.8, 4) is 0 Å². The maximum Gasteiger partial charge on any atom is 0.0843 e. The molecule has 0 amide bonds. The molecule has 0 spiro atoms. The molecule has 1 aliphatic carbocycles. The van der Waals surface area contributed by atoms with E-state index in [0.717, 1.165) is 10.5 Å². The van der Waals surface area contributed by atoms with Gasteiger partial charge in [0.05, 0.1) is 23.2 Å². The van der Waals surface area contributed by atoms with Crippen molar-refractivity contribution in [1.82, 2.24) is 9.88 Å². The second kappa shape index (κ2) is 7.47. The number of para-hydroxylation sites is 1. The number of aliphatic hydroxyl groups excluding tert-OH is 1. The molecule has 4 heteroatoms. The van der Waals surface area contributed by atoms with Gasteiger partial charge in [-0.3, -0.25) is 0 Å². The molecule has 0 saturated heterocycles. The molecule has 132 valence electrons. The van der Waals surface area contributed by atoms with Gasteiger partial charge in [0.15, 0.2) is 0 Å². The third-order valence-electron chi connectivity index (χ3n) is 5.73. The Morgan fingerprint density at radius 1 is 1.29 bits per heavy atom. The molecule has 1 saturated carbocycles. The Morgan fingerprint density at radius 2 is 2.04 bits per heavy atom. The lowest BCUT2D eigenvalue weighted by atomic mass is 9.86. The molecule has 2 aromatic rings. The molecule has 2 N–H and O–H groups in total. The van der Waals surface area contributed by atoms with Crippen molar-refractivity contribution in [3.63, 3.8) is 0 Å². The van der Waals surface area contributed by atoms with Crippen molar-refractivity contribution in [2.75, 3.05) is 6.54 Å². The molecule has 1 aromatic heterocycles. The van der Waals surface area contributed by atoms with Gasteiger partial charge in [0, 0.05) is 23.7 Å². The first-order valence-electron chi connectivity index (χ1n) is 9.14. The fraction of sp³-hybridized carbons (Fsp3) is 0.600. The Hall–Kier alpha value is -1.03. The third kappa shape index (κ3) is 3.49. The number of aliphatic hydroxyl groups is 1. The van der Waals surface area contributed by atoms with Crippen LogP contribution in [0.15, 0.2) is 18.2 Å². The van der Waals surface area contributed by atoms with E-state index in [4.69, 9.17) is 11.6 Å². The van der Waals surface area contributed by atoms with Gasteiger partial charge in [-0.1, -0.05) is 43.5 Å². The maximum absolute atomic E-state index is 10.6. The molecule has 0 radical (unpaired) electrons. The van der Waals surface area contributed by atoms with Crippen LogP contribution in [0, 0.1) is 19.8 Å². The first-order chi connectivity index (χ1) is 11.5. The highest BCUT2D eigenvalue weighted by Crippen LogP contribution is 2.31. The second-order valence-corrected chi connectivity index (χ2v) is 7.79. The zero-order valence-electron chi connectivity index (χ0n) is 15.0. The van der Waals surface area contributed by atoms with E-state index in [0.29, 0.717) is 25.0 Å². The van der Waals surface area contributed by atoms with Crippen LogP contribution in [0.4, 0.5) is 0 Å². The Morgan fingerprint density at radius 3 is 2.79 bits per heavy atom. The van der Waals surface area contributed by atoms with E-state index in [2.05, 4.69) is 36.7 Å². The van der Waals surface area contributed by atoms with Crippen LogP contribution in [-0.4, -0.2) is 28.4 Å². The number of halogens is 1. The summed E-state index contributed by atoms with van der Waals surface area (Å²) in [5, 5.41) is 16.1. The van der Waals surface area contributed by atoms with Crippen LogP contribution in [0.2, 0.25) is 5.02 Å². The standard InChI is InChI=1S/C20H29ClN2O/c1-13-7-4-5-10-19(13)22-11-16(24)12-23-15(3)14(2)17-8-6-9-18(21)20(17)23/h6,8-9,13,16,19,22,24H,4-5,7,10-12H2,1-3H3/t13-,16+,19+/m0/s1. The number of nitrogens with one attached hydrogen (secondary N) is 1. The topological polar surface area (TPSA) is 37.2 Å². The highest BCUT2D eigenvalue weighted by atomic mass is 35.5. The predicted octanol–water partition coefficient (Wildman–Crippen LogP) is 4.44. The zero-order chi connectivity index (χ0) is 17.3. The van der Waals surface area contributed by atoms with Crippen LogP contribution >= 0.6 is 11.6 Å². The fourth-order valence-electron chi connectivity index (χ4n) is 4.07. The van der Waals surface area contributed by atoms with Crippen molar-refractivity contribution >= 4 is 22.5 Å². The van der Waals surface area contributed by atoms with Gasteiger partial charge in [-0.25, -0.2) is 0 Å². The quantitative estimate of drug-likeness (QED) is 0.838. The van der Waals surface area contributed by atoms with Gasteiger partial charge < -0.3 is 15.0 Å². The van der Waals surface area contributed by atoms with Gasteiger partial charge in [-0.05, 0) is 44.2 Å². The number of rotatable bonds is 5. The van der Waals surface area contributed by atoms with Crippen molar-refractivity contribution in [2.24, 2.45) is 5.92 Å². The number of nitrogens with zero attached hydrogens (tertiary/aromatic N) is 1. The number of benzene rings is 1. The van der Waals surface area contributed by atoms with Crippen molar-refractivity contribution in [2.45, 2.75) is 65.1 Å².